The van der Waals surface area contributed by atoms with Crippen LogP contribution in [0.25, 0.3) is 0 Å². The van der Waals surface area contributed by atoms with Gasteiger partial charge in [-0.2, -0.15) is 0 Å². The van der Waals surface area contributed by atoms with Crippen LogP contribution in [0.4, 0.5) is 10.1 Å². The molecule has 1 N–H and O–H groups in total. The minimum absolute atomic E-state index is 0.301. The molecule has 1 fully saturated rings. The fourth-order valence-corrected chi connectivity index (χ4v) is 2.67. The summed E-state index contributed by atoms with van der Waals surface area (Å²) in [6, 6.07) is 1.58. The van der Waals surface area contributed by atoms with Gasteiger partial charge in [0.2, 0.25) is 0 Å². The zero-order chi connectivity index (χ0) is 13.9. The van der Waals surface area contributed by atoms with Gasteiger partial charge in [-0.15, -0.1) is 6.58 Å². The molecular formula is C14H17FN2O2. The molecule has 0 unspecified atom stereocenters. The van der Waals surface area contributed by atoms with Crippen molar-refractivity contribution in [3.8, 4) is 0 Å². The summed E-state index contributed by atoms with van der Waals surface area (Å²) < 4.78 is 13.7. The van der Waals surface area contributed by atoms with E-state index >= 15 is 0 Å². The predicted octanol–water partition coefficient (Wildman–Crippen LogP) is 2.47. The second-order valence-corrected chi connectivity index (χ2v) is 4.93. The summed E-state index contributed by atoms with van der Waals surface area (Å²) in [5.41, 5.74) is -0.445. The summed E-state index contributed by atoms with van der Waals surface area (Å²) in [4.78, 5) is 17.1. The SMILES string of the molecule is C=CC[C@]1(C(=O)O)CCCN(c2ccncc2F)C1. The van der Waals surface area contributed by atoms with Gasteiger partial charge in [0.15, 0.2) is 5.82 Å². The summed E-state index contributed by atoms with van der Waals surface area (Å²) in [5.74, 6) is -1.26. The van der Waals surface area contributed by atoms with Gasteiger partial charge in [-0.1, -0.05) is 6.08 Å². The molecular weight excluding hydrogens is 247 g/mol. The quantitative estimate of drug-likeness (QED) is 0.849. The van der Waals surface area contributed by atoms with E-state index in [1.54, 1.807) is 17.0 Å². The maximum absolute atomic E-state index is 13.7. The molecule has 0 spiro atoms. The molecule has 102 valence electrons. The molecule has 0 amide bonds. The molecule has 2 heterocycles. The van der Waals surface area contributed by atoms with E-state index in [2.05, 4.69) is 11.6 Å². The number of allylic oxidation sites excluding steroid dienone is 1. The van der Waals surface area contributed by atoms with Crippen molar-refractivity contribution in [1.82, 2.24) is 4.98 Å². The van der Waals surface area contributed by atoms with Crippen molar-refractivity contribution in [2.24, 2.45) is 5.41 Å². The highest BCUT2D eigenvalue weighted by Crippen LogP contribution is 2.36. The minimum Gasteiger partial charge on any atom is -0.481 e. The molecule has 5 heteroatoms. The van der Waals surface area contributed by atoms with E-state index in [1.807, 2.05) is 0 Å². The van der Waals surface area contributed by atoms with Crippen molar-refractivity contribution < 1.29 is 14.3 Å². The molecule has 1 aromatic heterocycles. The van der Waals surface area contributed by atoms with Gasteiger partial charge >= 0.3 is 5.97 Å². The normalized spacial score (nSPS) is 23.1. The molecule has 1 aromatic rings. The molecule has 0 bridgehead atoms. The van der Waals surface area contributed by atoms with Gasteiger partial charge in [0.05, 0.1) is 17.3 Å². The maximum Gasteiger partial charge on any atom is 0.311 e. The van der Waals surface area contributed by atoms with Crippen molar-refractivity contribution in [1.29, 1.82) is 0 Å². The summed E-state index contributed by atoms with van der Waals surface area (Å²) >= 11 is 0. The van der Waals surface area contributed by atoms with Gasteiger partial charge < -0.3 is 10.0 Å². The van der Waals surface area contributed by atoms with E-state index in [4.69, 9.17) is 0 Å². The summed E-state index contributed by atoms with van der Waals surface area (Å²) in [7, 11) is 0. The lowest BCUT2D eigenvalue weighted by molar-refractivity contribution is -0.149. The zero-order valence-corrected chi connectivity index (χ0v) is 10.7. The smallest absolute Gasteiger partial charge is 0.311 e. The first-order valence-electron chi connectivity index (χ1n) is 6.28. The van der Waals surface area contributed by atoms with Crippen LogP contribution < -0.4 is 4.90 Å². The Kier molecular flexibility index (Phi) is 3.83. The fraction of sp³-hybridized carbons (Fsp3) is 0.429. The van der Waals surface area contributed by atoms with Crippen LogP contribution in [0.1, 0.15) is 19.3 Å². The number of hydrogen-bond donors (Lipinski definition) is 1. The fourth-order valence-electron chi connectivity index (χ4n) is 2.67. The van der Waals surface area contributed by atoms with Crippen LogP contribution in [-0.2, 0) is 4.79 Å². The number of hydrogen-bond acceptors (Lipinski definition) is 3. The van der Waals surface area contributed by atoms with Crippen LogP contribution in [0.15, 0.2) is 31.1 Å². The third-order valence-corrected chi connectivity index (χ3v) is 3.66. The van der Waals surface area contributed by atoms with Gasteiger partial charge in [-0.05, 0) is 25.3 Å². The second-order valence-electron chi connectivity index (χ2n) is 4.93. The highest BCUT2D eigenvalue weighted by molar-refractivity contribution is 5.76. The molecule has 19 heavy (non-hydrogen) atoms. The summed E-state index contributed by atoms with van der Waals surface area (Å²) in [5, 5.41) is 9.47. The van der Waals surface area contributed by atoms with Gasteiger partial charge in [0.1, 0.15) is 0 Å². The first-order valence-corrected chi connectivity index (χ1v) is 6.28. The molecule has 4 nitrogen and oxygen atoms in total. The second kappa shape index (κ2) is 5.38. The Bertz CT molecular complexity index is 492. The lowest BCUT2D eigenvalue weighted by Gasteiger charge is -2.40. The molecule has 0 saturated carbocycles. The molecule has 0 aliphatic carbocycles. The summed E-state index contributed by atoms with van der Waals surface area (Å²) in [6.45, 7) is 4.59. The Labute approximate surface area is 111 Å². The molecule has 1 aliphatic heterocycles. The molecule has 2 rings (SSSR count). The number of rotatable bonds is 4. The largest absolute Gasteiger partial charge is 0.481 e. The topological polar surface area (TPSA) is 53.4 Å². The lowest BCUT2D eigenvalue weighted by Crippen LogP contribution is -2.48. The van der Waals surface area contributed by atoms with Crippen LogP contribution in [0, 0.1) is 11.2 Å². The zero-order valence-electron chi connectivity index (χ0n) is 10.7. The van der Waals surface area contributed by atoms with E-state index < -0.39 is 17.2 Å². The molecule has 1 atom stereocenters. The number of anilines is 1. The van der Waals surface area contributed by atoms with Crippen LogP contribution in [0.5, 0.6) is 0 Å². The van der Waals surface area contributed by atoms with Crippen molar-refractivity contribution >= 4 is 11.7 Å². The van der Waals surface area contributed by atoms with E-state index in [0.29, 0.717) is 31.6 Å². The Balaban J connectivity index is 2.28. The molecule has 0 aromatic carbocycles. The highest BCUT2D eigenvalue weighted by atomic mass is 19.1. The Hall–Kier alpha value is -1.91. The van der Waals surface area contributed by atoms with Crippen molar-refractivity contribution in [2.45, 2.75) is 19.3 Å². The van der Waals surface area contributed by atoms with Gasteiger partial charge in [0, 0.05) is 19.3 Å². The number of halogens is 1. The Morgan fingerprint density at radius 3 is 3.11 bits per heavy atom. The lowest BCUT2D eigenvalue weighted by atomic mass is 9.77. The third kappa shape index (κ3) is 2.59. The Morgan fingerprint density at radius 2 is 2.47 bits per heavy atom. The first kappa shape index (κ1) is 13.5. The van der Waals surface area contributed by atoms with Crippen LogP contribution in [0.2, 0.25) is 0 Å². The maximum atomic E-state index is 13.7. The van der Waals surface area contributed by atoms with E-state index in [1.165, 1.54) is 6.20 Å². The van der Waals surface area contributed by atoms with Gasteiger partial charge in [-0.3, -0.25) is 9.78 Å². The number of aromatic nitrogens is 1. The van der Waals surface area contributed by atoms with Crippen molar-refractivity contribution in [3.05, 3.63) is 36.9 Å². The van der Waals surface area contributed by atoms with E-state index in [0.717, 1.165) is 12.6 Å². The predicted molar refractivity (Wildman–Crippen MR) is 70.5 cm³/mol. The number of carboxylic acid groups (broad SMARTS) is 1. The van der Waals surface area contributed by atoms with Gasteiger partial charge in [0.25, 0.3) is 0 Å². The van der Waals surface area contributed by atoms with Crippen molar-refractivity contribution in [3.63, 3.8) is 0 Å². The number of pyridine rings is 1. The highest BCUT2D eigenvalue weighted by Gasteiger charge is 2.41. The average Bonchev–Trinajstić information content (AvgIpc) is 2.39. The van der Waals surface area contributed by atoms with Crippen LogP contribution in [0.3, 0.4) is 0 Å². The number of nitrogens with zero attached hydrogens (tertiary/aromatic N) is 2. The third-order valence-electron chi connectivity index (χ3n) is 3.66. The number of aliphatic carboxylic acids is 1. The number of carboxylic acids is 1. The standard InChI is InChI=1S/C14H17FN2O2/c1-2-5-14(13(18)19)6-3-8-17(10-14)12-4-7-16-9-11(12)15/h2,4,7,9H,1,3,5-6,8,10H2,(H,18,19)/t14-/m0/s1. The summed E-state index contributed by atoms with van der Waals surface area (Å²) in [6.07, 6.45) is 6.01. The monoisotopic (exact) mass is 264 g/mol. The van der Waals surface area contributed by atoms with Gasteiger partial charge in [-0.25, -0.2) is 4.39 Å². The molecule has 1 aliphatic rings. The Morgan fingerprint density at radius 1 is 1.68 bits per heavy atom. The first-order chi connectivity index (χ1) is 9.09. The average molecular weight is 264 g/mol. The number of carbonyl (C=O) groups is 1. The van der Waals surface area contributed by atoms with Crippen LogP contribution >= 0.6 is 0 Å². The minimum atomic E-state index is -0.865. The van der Waals surface area contributed by atoms with Crippen molar-refractivity contribution in [2.75, 3.05) is 18.0 Å². The van der Waals surface area contributed by atoms with Crippen LogP contribution in [-0.4, -0.2) is 29.1 Å². The van der Waals surface area contributed by atoms with E-state index in [-0.39, 0.29) is 0 Å². The molecule has 0 radical (unpaired) electrons. The van der Waals surface area contributed by atoms with E-state index in [9.17, 15) is 14.3 Å². The molecule has 1 saturated heterocycles. The number of piperidine rings is 1.